The van der Waals surface area contributed by atoms with E-state index in [9.17, 15) is 24.3 Å². The number of aromatic nitrogens is 1. The van der Waals surface area contributed by atoms with Gasteiger partial charge in [-0.05, 0) is 69.5 Å². The van der Waals surface area contributed by atoms with E-state index >= 15 is 0 Å². The van der Waals surface area contributed by atoms with Gasteiger partial charge >= 0.3 is 11.9 Å². The molecule has 10 heteroatoms. The smallest absolute Gasteiger partial charge is 0.358 e. The molecule has 2 amide bonds. The van der Waals surface area contributed by atoms with Crippen molar-refractivity contribution >= 4 is 35.0 Å². The van der Waals surface area contributed by atoms with Crippen molar-refractivity contribution in [3.05, 3.63) is 65.6 Å². The van der Waals surface area contributed by atoms with Gasteiger partial charge in [-0.1, -0.05) is 12.1 Å². The number of pyridine rings is 1. The lowest BCUT2D eigenvalue weighted by Gasteiger charge is -2.44. The Morgan fingerprint density at radius 3 is 2.35 bits per heavy atom. The number of rotatable bonds is 7. The molecule has 1 aromatic carbocycles. The number of amides is 2. The average molecular weight is 508 g/mol. The minimum atomic E-state index is -0.871. The minimum absolute atomic E-state index is 0.0623. The first-order valence-electron chi connectivity index (χ1n) is 11.9. The highest BCUT2D eigenvalue weighted by molar-refractivity contribution is 6.07. The number of nitrogens with one attached hydrogen (secondary N) is 1. The van der Waals surface area contributed by atoms with Gasteiger partial charge in [0.2, 0.25) is 12.7 Å². The van der Waals surface area contributed by atoms with E-state index in [2.05, 4.69) is 10.3 Å². The number of aliphatic hydroxyl groups is 1. The Labute approximate surface area is 214 Å². The maximum atomic E-state index is 13.1. The first-order chi connectivity index (χ1) is 17.5. The van der Waals surface area contributed by atoms with Crippen molar-refractivity contribution in [2.75, 3.05) is 12.1 Å². The van der Waals surface area contributed by atoms with Crippen molar-refractivity contribution in [3.63, 3.8) is 0 Å². The summed E-state index contributed by atoms with van der Waals surface area (Å²) in [5, 5.41) is 12.9. The fourth-order valence-corrected chi connectivity index (χ4v) is 4.40. The standard InChI is InChI=1S/C27H29N3O7/c1-15(31)21-20-13-19(16-5-7-18(8-6-16)29-23(32)17-9-11-28-12-10-17)22(30(20)24(21)33)25(34)36-14-37-26(35)27(2,3)4/h5-12,15,20-21,31H,13-14H2,1-4H3,(H,29,32)/t15-,20-,21-/m1/s1. The van der Waals surface area contributed by atoms with Gasteiger partial charge in [0, 0.05) is 23.6 Å². The first-order valence-corrected chi connectivity index (χ1v) is 11.9. The maximum Gasteiger partial charge on any atom is 0.358 e. The average Bonchev–Trinajstić information content (AvgIpc) is 3.19. The highest BCUT2D eigenvalue weighted by Crippen LogP contribution is 2.47. The predicted molar refractivity (Wildman–Crippen MR) is 132 cm³/mol. The van der Waals surface area contributed by atoms with E-state index in [4.69, 9.17) is 9.47 Å². The summed E-state index contributed by atoms with van der Waals surface area (Å²) in [5.41, 5.74) is 1.53. The maximum absolute atomic E-state index is 13.1. The zero-order chi connectivity index (χ0) is 26.9. The second-order valence-corrected chi connectivity index (χ2v) is 10.1. The van der Waals surface area contributed by atoms with Crippen LogP contribution in [0.4, 0.5) is 5.69 Å². The summed E-state index contributed by atoms with van der Waals surface area (Å²) in [6, 6.07) is 9.68. The van der Waals surface area contributed by atoms with Crippen LogP contribution in [0.25, 0.3) is 5.57 Å². The van der Waals surface area contributed by atoms with Crippen LogP contribution in [0.3, 0.4) is 0 Å². The van der Waals surface area contributed by atoms with E-state index in [1.165, 1.54) is 17.3 Å². The number of β-lactam (4-membered cyclic amide) rings is 1. The topological polar surface area (TPSA) is 135 Å². The van der Waals surface area contributed by atoms with Crippen LogP contribution >= 0.6 is 0 Å². The third-order valence-electron chi connectivity index (χ3n) is 6.35. The molecule has 3 heterocycles. The Bertz CT molecular complexity index is 1250. The molecule has 0 unspecified atom stereocenters. The molecule has 194 valence electrons. The van der Waals surface area contributed by atoms with Crippen molar-refractivity contribution in [2.45, 2.75) is 46.3 Å². The second-order valence-electron chi connectivity index (χ2n) is 10.1. The number of anilines is 1. The van der Waals surface area contributed by atoms with Crippen LogP contribution < -0.4 is 5.32 Å². The quantitative estimate of drug-likeness (QED) is 0.332. The number of hydrogen-bond acceptors (Lipinski definition) is 8. The molecule has 0 spiro atoms. The molecule has 2 aromatic rings. The zero-order valence-electron chi connectivity index (χ0n) is 21.1. The largest absolute Gasteiger partial charge is 0.427 e. The lowest BCUT2D eigenvalue weighted by molar-refractivity contribution is -0.175. The van der Waals surface area contributed by atoms with Crippen molar-refractivity contribution in [1.29, 1.82) is 0 Å². The van der Waals surface area contributed by atoms with Crippen LogP contribution in [0.2, 0.25) is 0 Å². The zero-order valence-corrected chi connectivity index (χ0v) is 21.1. The summed E-state index contributed by atoms with van der Waals surface area (Å²) in [7, 11) is 0. The second kappa shape index (κ2) is 10.1. The van der Waals surface area contributed by atoms with Gasteiger partial charge in [0.05, 0.1) is 23.5 Å². The molecule has 0 bridgehead atoms. The molecule has 1 fully saturated rings. The molecule has 2 aliphatic heterocycles. The van der Waals surface area contributed by atoms with Gasteiger partial charge in [0.1, 0.15) is 5.70 Å². The van der Waals surface area contributed by atoms with Gasteiger partial charge in [-0.3, -0.25) is 19.4 Å². The van der Waals surface area contributed by atoms with Crippen LogP contribution in [0.15, 0.2) is 54.5 Å². The van der Waals surface area contributed by atoms with E-state index in [0.29, 0.717) is 28.8 Å². The number of ether oxygens (including phenoxy) is 2. The number of aliphatic hydroxyl groups excluding tert-OH is 1. The van der Waals surface area contributed by atoms with E-state index in [1.807, 2.05) is 0 Å². The Morgan fingerprint density at radius 1 is 1.11 bits per heavy atom. The van der Waals surface area contributed by atoms with Crippen LogP contribution in [0.1, 0.15) is 50.0 Å². The molecule has 1 saturated heterocycles. The molecule has 0 aliphatic carbocycles. The van der Waals surface area contributed by atoms with Gasteiger partial charge in [-0.2, -0.15) is 0 Å². The van der Waals surface area contributed by atoms with E-state index in [0.717, 1.165) is 0 Å². The molecule has 0 saturated carbocycles. The van der Waals surface area contributed by atoms with Gasteiger partial charge in [0.25, 0.3) is 5.91 Å². The van der Waals surface area contributed by atoms with Gasteiger partial charge < -0.3 is 24.8 Å². The lowest BCUT2D eigenvalue weighted by atomic mass is 9.82. The number of nitrogens with zero attached hydrogens (tertiary/aromatic N) is 2. The number of carbonyl (C=O) groups excluding carboxylic acids is 4. The summed E-state index contributed by atoms with van der Waals surface area (Å²) < 4.78 is 10.2. The lowest BCUT2D eigenvalue weighted by Crippen LogP contribution is -2.61. The molecule has 0 radical (unpaired) electrons. The van der Waals surface area contributed by atoms with Gasteiger partial charge in [0.15, 0.2) is 0 Å². The third kappa shape index (κ3) is 5.24. The number of hydrogen-bond donors (Lipinski definition) is 2. The number of fused-ring (bicyclic) bond motifs is 1. The number of carbonyl (C=O) groups is 4. The van der Waals surface area contributed by atoms with Gasteiger partial charge in [-0.15, -0.1) is 0 Å². The fourth-order valence-electron chi connectivity index (χ4n) is 4.40. The molecule has 4 rings (SSSR count). The summed E-state index contributed by atoms with van der Waals surface area (Å²) in [6.45, 7) is 5.99. The molecule has 2 N–H and O–H groups in total. The summed E-state index contributed by atoms with van der Waals surface area (Å²) in [4.78, 5) is 55.5. The Kier molecular flexibility index (Phi) is 7.13. The van der Waals surface area contributed by atoms with Crippen molar-refractivity contribution in [2.24, 2.45) is 11.3 Å². The van der Waals surface area contributed by atoms with Crippen LogP contribution in [-0.4, -0.2) is 57.7 Å². The normalized spacial score (nSPS) is 19.6. The first kappa shape index (κ1) is 26.0. The Morgan fingerprint density at radius 2 is 1.76 bits per heavy atom. The summed E-state index contributed by atoms with van der Waals surface area (Å²) >= 11 is 0. The van der Waals surface area contributed by atoms with Crippen molar-refractivity contribution < 1.29 is 33.8 Å². The fraction of sp³-hybridized carbons (Fsp3) is 0.370. The molecule has 1 aromatic heterocycles. The summed E-state index contributed by atoms with van der Waals surface area (Å²) in [6.07, 6.45) is 2.53. The van der Waals surface area contributed by atoms with Crippen LogP contribution in [0, 0.1) is 11.3 Å². The summed E-state index contributed by atoms with van der Waals surface area (Å²) in [5.74, 6) is -2.62. The monoisotopic (exact) mass is 507 g/mol. The highest BCUT2D eigenvalue weighted by atomic mass is 16.7. The predicted octanol–water partition coefficient (Wildman–Crippen LogP) is 2.75. The molecule has 3 atom stereocenters. The molecule has 10 nitrogen and oxygen atoms in total. The number of benzene rings is 1. The van der Waals surface area contributed by atoms with Crippen molar-refractivity contribution in [3.8, 4) is 0 Å². The molecule has 37 heavy (non-hydrogen) atoms. The van der Waals surface area contributed by atoms with Crippen LogP contribution in [0.5, 0.6) is 0 Å². The number of esters is 2. The SMILES string of the molecule is C[C@@H](O)[C@H]1C(=O)N2C(C(=O)OCOC(=O)C(C)(C)C)=C(c3ccc(NC(=O)c4ccncc4)cc3)C[C@H]12. The Hall–Kier alpha value is -4.05. The Balaban J connectivity index is 1.54. The minimum Gasteiger partial charge on any atom is -0.427 e. The third-order valence-corrected chi connectivity index (χ3v) is 6.35. The van der Waals surface area contributed by atoms with E-state index in [-0.39, 0.29) is 23.6 Å². The molecule has 2 aliphatic rings. The molecular weight excluding hydrogens is 478 g/mol. The van der Waals surface area contributed by atoms with E-state index in [1.54, 1.807) is 64.1 Å². The molecular formula is C27H29N3O7. The van der Waals surface area contributed by atoms with E-state index < -0.39 is 36.2 Å². The highest BCUT2D eigenvalue weighted by Gasteiger charge is 2.57. The van der Waals surface area contributed by atoms with Gasteiger partial charge in [-0.25, -0.2) is 4.79 Å². The van der Waals surface area contributed by atoms with Crippen molar-refractivity contribution in [1.82, 2.24) is 9.88 Å². The van der Waals surface area contributed by atoms with Crippen LogP contribution in [-0.2, 0) is 23.9 Å².